The van der Waals surface area contributed by atoms with Crippen LogP contribution in [0.2, 0.25) is 0 Å². The number of anilines is 1. The molecule has 2 aromatic rings. The van der Waals surface area contributed by atoms with Gasteiger partial charge in [0.2, 0.25) is 0 Å². The maximum absolute atomic E-state index is 14.0. The van der Waals surface area contributed by atoms with Crippen molar-refractivity contribution in [3.05, 3.63) is 46.5 Å². The first-order valence-corrected chi connectivity index (χ1v) is 10.4. The molecule has 0 radical (unpaired) electrons. The van der Waals surface area contributed by atoms with E-state index >= 15 is 0 Å². The molecule has 0 spiro atoms. The SMILES string of the molecule is CN1CCN(c2c(/C=C3\SC(=S)NC3=O)c(C(F)(F)F)nn2-c2ccccc2)CC1. The zero-order valence-corrected chi connectivity index (χ0v) is 17.6. The Bertz CT molecular complexity index is 1010. The summed E-state index contributed by atoms with van der Waals surface area (Å²) < 4.78 is 43.4. The van der Waals surface area contributed by atoms with Crippen molar-refractivity contribution in [3.63, 3.8) is 0 Å². The van der Waals surface area contributed by atoms with Gasteiger partial charge in [0, 0.05) is 26.2 Å². The lowest BCUT2D eigenvalue weighted by molar-refractivity contribution is -0.141. The molecule has 1 aromatic heterocycles. The Morgan fingerprint density at radius 2 is 1.83 bits per heavy atom. The molecule has 0 bridgehead atoms. The van der Waals surface area contributed by atoms with E-state index in [1.165, 1.54) is 10.8 Å². The highest BCUT2D eigenvalue weighted by molar-refractivity contribution is 8.26. The normalized spacial score (nSPS) is 19.6. The highest BCUT2D eigenvalue weighted by Crippen LogP contribution is 2.40. The fourth-order valence-corrected chi connectivity index (χ4v) is 4.41. The van der Waals surface area contributed by atoms with E-state index in [0.29, 0.717) is 37.7 Å². The van der Waals surface area contributed by atoms with Crippen molar-refractivity contribution in [1.82, 2.24) is 20.0 Å². The molecular weight excluding hydrogens is 435 g/mol. The summed E-state index contributed by atoms with van der Waals surface area (Å²) in [6.07, 6.45) is -3.43. The average molecular weight is 454 g/mol. The first kappa shape index (κ1) is 20.9. The van der Waals surface area contributed by atoms with Crippen LogP contribution in [0.1, 0.15) is 11.3 Å². The number of likely N-dealkylation sites (N-methyl/N-ethyl adjacent to an activating group) is 1. The Balaban J connectivity index is 1.93. The van der Waals surface area contributed by atoms with E-state index in [-0.39, 0.29) is 14.8 Å². The summed E-state index contributed by atoms with van der Waals surface area (Å²) in [5, 5.41) is 6.40. The number of thioether (sulfide) groups is 1. The highest BCUT2D eigenvalue weighted by Gasteiger charge is 2.41. The van der Waals surface area contributed by atoms with Crippen LogP contribution in [0.4, 0.5) is 19.0 Å². The molecule has 0 saturated carbocycles. The number of aromatic nitrogens is 2. The van der Waals surface area contributed by atoms with E-state index in [9.17, 15) is 18.0 Å². The number of rotatable bonds is 3. The number of carbonyl (C=O) groups excluding carboxylic acids is 1. The maximum Gasteiger partial charge on any atom is 0.435 e. The van der Waals surface area contributed by atoms with Gasteiger partial charge in [0.05, 0.1) is 16.2 Å². The molecule has 30 heavy (non-hydrogen) atoms. The van der Waals surface area contributed by atoms with Gasteiger partial charge in [-0.05, 0) is 25.3 Å². The molecule has 6 nitrogen and oxygen atoms in total. The van der Waals surface area contributed by atoms with E-state index in [2.05, 4.69) is 15.3 Å². The van der Waals surface area contributed by atoms with E-state index < -0.39 is 17.8 Å². The maximum atomic E-state index is 14.0. The van der Waals surface area contributed by atoms with Crippen molar-refractivity contribution in [2.24, 2.45) is 0 Å². The number of hydrogen-bond donors (Lipinski definition) is 1. The minimum atomic E-state index is -4.69. The van der Waals surface area contributed by atoms with Gasteiger partial charge in [-0.1, -0.05) is 42.2 Å². The quantitative estimate of drug-likeness (QED) is 0.569. The number of benzene rings is 1. The second kappa shape index (κ2) is 8.05. The van der Waals surface area contributed by atoms with Crippen molar-refractivity contribution < 1.29 is 18.0 Å². The van der Waals surface area contributed by atoms with Crippen molar-refractivity contribution in [1.29, 1.82) is 0 Å². The van der Waals surface area contributed by atoms with Gasteiger partial charge in [0.1, 0.15) is 10.1 Å². The van der Waals surface area contributed by atoms with Gasteiger partial charge in [-0.25, -0.2) is 4.68 Å². The predicted molar refractivity (Wildman–Crippen MR) is 115 cm³/mol. The number of piperazine rings is 1. The topological polar surface area (TPSA) is 53.4 Å². The smallest absolute Gasteiger partial charge is 0.353 e. The summed E-state index contributed by atoms with van der Waals surface area (Å²) in [7, 11) is 1.97. The van der Waals surface area contributed by atoms with Gasteiger partial charge in [-0.15, -0.1) is 0 Å². The number of nitrogens with one attached hydrogen (secondary N) is 1. The number of amides is 1. The van der Waals surface area contributed by atoms with Crippen LogP contribution in [0.15, 0.2) is 35.2 Å². The van der Waals surface area contributed by atoms with E-state index in [1.54, 1.807) is 30.3 Å². The Hall–Kier alpha value is -2.37. The second-order valence-corrected chi connectivity index (χ2v) is 8.69. The molecule has 3 heterocycles. The third kappa shape index (κ3) is 4.09. The summed E-state index contributed by atoms with van der Waals surface area (Å²) >= 11 is 5.93. The Labute approximate surface area is 180 Å². The number of hydrogen-bond acceptors (Lipinski definition) is 6. The first-order valence-electron chi connectivity index (χ1n) is 9.18. The van der Waals surface area contributed by atoms with Gasteiger partial charge >= 0.3 is 6.18 Å². The fraction of sp³-hybridized carbons (Fsp3) is 0.316. The molecule has 11 heteroatoms. The van der Waals surface area contributed by atoms with Crippen LogP contribution in [0.3, 0.4) is 0 Å². The van der Waals surface area contributed by atoms with Crippen LogP contribution in [0, 0.1) is 0 Å². The second-order valence-electron chi connectivity index (χ2n) is 6.97. The molecule has 158 valence electrons. The van der Waals surface area contributed by atoms with Crippen molar-refractivity contribution in [2.45, 2.75) is 6.18 Å². The highest BCUT2D eigenvalue weighted by atomic mass is 32.2. The third-order valence-corrected chi connectivity index (χ3v) is 6.05. The van der Waals surface area contributed by atoms with Crippen LogP contribution in [0.25, 0.3) is 11.8 Å². The van der Waals surface area contributed by atoms with Crippen molar-refractivity contribution in [2.75, 3.05) is 38.1 Å². The molecule has 2 fully saturated rings. The van der Waals surface area contributed by atoms with Crippen molar-refractivity contribution >= 4 is 46.1 Å². The molecular formula is C19H18F3N5OS2. The Morgan fingerprint density at radius 3 is 2.40 bits per heavy atom. The zero-order valence-electron chi connectivity index (χ0n) is 15.9. The van der Waals surface area contributed by atoms with E-state index in [4.69, 9.17) is 12.2 Å². The predicted octanol–water partition coefficient (Wildman–Crippen LogP) is 3.13. The first-order chi connectivity index (χ1) is 14.2. The lowest BCUT2D eigenvalue weighted by Gasteiger charge is -2.34. The van der Waals surface area contributed by atoms with Gasteiger partial charge in [-0.3, -0.25) is 4.79 Å². The molecule has 1 aromatic carbocycles. The lowest BCUT2D eigenvalue weighted by atomic mass is 10.1. The molecule has 4 rings (SSSR count). The number of nitrogens with zero attached hydrogens (tertiary/aromatic N) is 4. The minimum absolute atomic E-state index is 0.119. The molecule has 0 atom stereocenters. The van der Waals surface area contributed by atoms with Gasteiger partial charge in [-0.2, -0.15) is 18.3 Å². The number of alkyl halides is 3. The number of halogens is 3. The minimum Gasteiger partial charge on any atom is -0.353 e. The Kier molecular flexibility index (Phi) is 5.60. The summed E-state index contributed by atoms with van der Waals surface area (Å²) in [4.78, 5) is 16.3. The number of thiocarbonyl (C=S) groups is 1. The molecule has 2 saturated heterocycles. The number of carbonyl (C=O) groups is 1. The summed E-state index contributed by atoms with van der Waals surface area (Å²) in [5.41, 5.74) is -0.641. The van der Waals surface area contributed by atoms with Gasteiger partial charge < -0.3 is 15.1 Å². The lowest BCUT2D eigenvalue weighted by Crippen LogP contribution is -2.45. The molecule has 2 aliphatic rings. The third-order valence-electron chi connectivity index (χ3n) is 4.89. The standard InChI is InChI=1S/C19H18F3N5OS2/c1-25-7-9-26(10-8-25)17-13(11-14-16(28)23-18(29)30-14)15(19(20,21)22)24-27(17)12-5-3-2-4-6-12/h2-6,11H,7-10H2,1H3,(H,23,28,29)/b14-11-. The fourth-order valence-electron chi connectivity index (χ4n) is 3.39. The van der Waals surface area contributed by atoms with Crippen LogP contribution in [-0.4, -0.2) is 58.1 Å². The van der Waals surface area contributed by atoms with Crippen molar-refractivity contribution in [3.8, 4) is 5.69 Å². The monoisotopic (exact) mass is 453 g/mol. The molecule has 0 unspecified atom stereocenters. The van der Waals surface area contributed by atoms with E-state index in [0.717, 1.165) is 11.8 Å². The largest absolute Gasteiger partial charge is 0.435 e. The van der Waals surface area contributed by atoms with Gasteiger partial charge in [0.25, 0.3) is 5.91 Å². The molecule has 1 N–H and O–H groups in total. The van der Waals surface area contributed by atoms with Crippen LogP contribution in [-0.2, 0) is 11.0 Å². The van der Waals surface area contributed by atoms with Crippen LogP contribution in [0.5, 0.6) is 0 Å². The Morgan fingerprint density at radius 1 is 1.17 bits per heavy atom. The summed E-state index contributed by atoms with van der Waals surface area (Å²) in [6.45, 7) is 2.49. The van der Waals surface area contributed by atoms with Gasteiger partial charge in [0.15, 0.2) is 5.69 Å². The van der Waals surface area contributed by atoms with E-state index in [1.807, 2.05) is 11.9 Å². The summed E-state index contributed by atoms with van der Waals surface area (Å²) in [5.74, 6) is -0.185. The van der Waals surface area contributed by atoms with Crippen LogP contribution >= 0.6 is 24.0 Å². The van der Waals surface area contributed by atoms with Crippen LogP contribution < -0.4 is 10.2 Å². The molecule has 1 amide bonds. The summed E-state index contributed by atoms with van der Waals surface area (Å²) in [6, 6.07) is 8.69. The number of para-hydroxylation sites is 1. The zero-order chi connectivity index (χ0) is 21.5. The average Bonchev–Trinajstić information content (AvgIpc) is 3.23. The molecule has 2 aliphatic heterocycles. The molecule has 0 aliphatic carbocycles.